The Morgan fingerprint density at radius 1 is 1.32 bits per heavy atom. The minimum atomic E-state index is -0.830. The summed E-state index contributed by atoms with van der Waals surface area (Å²) in [6.45, 7) is 6.17. The van der Waals surface area contributed by atoms with Crippen molar-refractivity contribution < 1.29 is 19.1 Å². The van der Waals surface area contributed by atoms with Gasteiger partial charge in [-0.25, -0.2) is 0 Å². The molecule has 0 radical (unpaired) electrons. The number of nitrogen functional groups attached to an aromatic ring is 1. The van der Waals surface area contributed by atoms with E-state index in [1.807, 2.05) is 20.8 Å². The van der Waals surface area contributed by atoms with E-state index in [1.54, 1.807) is 18.2 Å². The molecule has 6 nitrogen and oxygen atoms in total. The summed E-state index contributed by atoms with van der Waals surface area (Å²) in [5, 5.41) is 3.87. The van der Waals surface area contributed by atoms with E-state index < -0.39 is 27.3 Å². The van der Waals surface area contributed by atoms with Crippen molar-refractivity contribution in [1.82, 2.24) is 0 Å². The van der Waals surface area contributed by atoms with E-state index in [-0.39, 0.29) is 4.76 Å². The molecule has 1 unspecified atom stereocenters. The van der Waals surface area contributed by atoms with E-state index >= 15 is 0 Å². The van der Waals surface area contributed by atoms with Crippen LogP contribution in [0.5, 0.6) is 0 Å². The van der Waals surface area contributed by atoms with Crippen LogP contribution in [0.4, 0.5) is 16.2 Å². The number of ether oxygens (including phenoxy) is 2. The molecule has 0 saturated heterocycles. The Bertz CT molecular complexity index is 541. The average Bonchev–Trinajstić information content (AvgIpc) is 2.42. The zero-order valence-electron chi connectivity index (χ0n) is 13.4. The quantitative estimate of drug-likeness (QED) is 0.346. The molecule has 1 aromatic rings. The molecule has 0 aliphatic heterocycles. The molecular weight excluding hydrogens is 347 g/mol. The zero-order valence-corrected chi connectivity index (χ0v) is 15.5. The van der Waals surface area contributed by atoms with Crippen LogP contribution in [0.2, 0.25) is 5.21 Å². The molecule has 1 aromatic carbocycles. The molecule has 0 aliphatic rings. The number of rotatable bonds is 6. The summed E-state index contributed by atoms with van der Waals surface area (Å²) in [6, 6.07) is 4.91. The fraction of sp³-hybridized carbons (Fsp3) is 0.467. The molecule has 22 heavy (non-hydrogen) atoms. The molecule has 0 aliphatic carbocycles. The summed E-state index contributed by atoms with van der Waals surface area (Å²) >= 11 is -0.830. The number of benzene rings is 1. The summed E-state index contributed by atoms with van der Waals surface area (Å²) in [7, 11) is 1.33. The molecule has 0 fully saturated rings. The molecule has 0 aromatic heterocycles. The Labute approximate surface area is 137 Å². The number of anilines is 2. The van der Waals surface area contributed by atoms with Gasteiger partial charge in [0.25, 0.3) is 0 Å². The number of carbonyl (C=O) groups excluding carboxylic acids is 2. The van der Waals surface area contributed by atoms with Crippen LogP contribution in [0.1, 0.15) is 31.1 Å². The summed E-state index contributed by atoms with van der Waals surface area (Å²) in [5.41, 5.74) is 7.07. The van der Waals surface area contributed by atoms with Crippen molar-refractivity contribution in [2.24, 2.45) is 0 Å². The summed E-state index contributed by atoms with van der Waals surface area (Å²) < 4.78 is 9.85. The number of methoxy groups -OCH3 is 1. The number of nitrogens with one attached hydrogen (secondary N) is 1. The number of carbonyl (C=O) groups is 2. The Morgan fingerprint density at radius 3 is 2.59 bits per heavy atom. The maximum absolute atomic E-state index is 11.6. The number of hydrogen-bond donors (Lipinski definition) is 2. The van der Waals surface area contributed by atoms with Gasteiger partial charge < -0.3 is 0 Å². The standard InChI is InChI=1S/C15H23AsN2O4/c1-15(2,3)22-14(20)16-7-8-18-12-9-10(13(19)21-4)5-6-11(12)17/h5-6,9,16,18H,7-8,17H2,1-4H3. The number of nitrogens with two attached hydrogens (primary N) is 1. The van der Waals surface area contributed by atoms with Gasteiger partial charge in [0.15, 0.2) is 0 Å². The van der Waals surface area contributed by atoms with Gasteiger partial charge in [-0.05, 0) is 0 Å². The van der Waals surface area contributed by atoms with Crippen molar-refractivity contribution in [3.05, 3.63) is 23.8 Å². The van der Waals surface area contributed by atoms with Crippen molar-refractivity contribution in [2.75, 3.05) is 24.7 Å². The molecule has 0 spiro atoms. The third-order valence-electron chi connectivity index (χ3n) is 2.58. The van der Waals surface area contributed by atoms with Gasteiger partial charge in [0.05, 0.1) is 0 Å². The molecular formula is C15H23AsN2O4. The fourth-order valence-corrected chi connectivity index (χ4v) is 3.38. The van der Waals surface area contributed by atoms with Crippen molar-refractivity contribution in [1.29, 1.82) is 0 Å². The normalized spacial score (nSPS) is 11.5. The van der Waals surface area contributed by atoms with Gasteiger partial charge in [0.1, 0.15) is 0 Å². The van der Waals surface area contributed by atoms with Crippen LogP contribution in [0.3, 0.4) is 0 Å². The topological polar surface area (TPSA) is 90.6 Å². The first kappa shape index (κ1) is 18.4. The maximum atomic E-state index is 11.6. The van der Waals surface area contributed by atoms with E-state index in [2.05, 4.69) is 10.1 Å². The van der Waals surface area contributed by atoms with Gasteiger partial charge in [-0.3, -0.25) is 0 Å². The molecule has 122 valence electrons. The van der Waals surface area contributed by atoms with Gasteiger partial charge in [0, 0.05) is 0 Å². The van der Waals surface area contributed by atoms with Crippen LogP contribution in [0.15, 0.2) is 18.2 Å². The van der Waals surface area contributed by atoms with Crippen LogP contribution in [0.25, 0.3) is 0 Å². The van der Waals surface area contributed by atoms with Gasteiger partial charge in [-0.2, -0.15) is 0 Å². The first-order valence-electron chi connectivity index (χ1n) is 6.91. The van der Waals surface area contributed by atoms with Crippen molar-refractivity contribution in [3.8, 4) is 0 Å². The monoisotopic (exact) mass is 370 g/mol. The predicted octanol–water partition coefficient (Wildman–Crippen LogP) is 2.26. The molecule has 3 N–H and O–H groups in total. The molecule has 0 heterocycles. The Balaban J connectivity index is 2.48. The molecule has 0 amide bonds. The van der Waals surface area contributed by atoms with Crippen LogP contribution in [-0.2, 0) is 9.47 Å². The molecule has 0 saturated carbocycles. The van der Waals surface area contributed by atoms with Crippen LogP contribution >= 0.6 is 0 Å². The number of esters is 1. The summed E-state index contributed by atoms with van der Waals surface area (Å²) in [5.74, 6) is -0.412. The third kappa shape index (κ3) is 6.39. The van der Waals surface area contributed by atoms with E-state index in [4.69, 9.17) is 10.5 Å². The van der Waals surface area contributed by atoms with Crippen molar-refractivity contribution in [3.63, 3.8) is 0 Å². The predicted molar refractivity (Wildman–Crippen MR) is 88.9 cm³/mol. The second-order valence-corrected chi connectivity index (χ2v) is 8.30. The Morgan fingerprint density at radius 2 is 2.00 bits per heavy atom. The van der Waals surface area contributed by atoms with Crippen LogP contribution in [-0.4, -0.2) is 45.7 Å². The van der Waals surface area contributed by atoms with Gasteiger partial charge in [-0.1, -0.05) is 0 Å². The number of hydrogen-bond acceptors (Lipinski definition) is 6. The SMILES string of the molecule is COC(=O)c1ccc(N)c(NCC[AsH]C(=O)OC(C)(C)C)c1. The van der Waals surface area contributed by atoms with Gasteiger partial charge >= 0.3 is 137 Å². The van der Waals surface area contributed by atoms with Gasteiger partial charge in [-0.15, -0.1) is 0 Å². The fourth-order valence-electron chi connectivity index (χ4n) is 1.63. The molecule has 1 atom stereocenters. The first-order valence-corrected chi connectivity index (χ1v) is 9.45. The van der Waals surface area contributed by atoms with E-state index in [0.717, 1.165) is 5.21 Å². The molecule has 0 bridgehead atoms. The molecule has 1 rings (SSSR count). The summed E-state index contributed by atoms with van der Waals surface area (Å²) in [4.78, 5) is 23.1. The van der Waals surface area contributed by atoms with Crippen LogP contribution in [0, 0.1) is 0 Å². The van der Waals surface area contributed by atoms with E-state index in [1.165, 1.54) is 7.11 Å². The zero-order chi connectivity index (χ0) is 16.8. The minimum absolute atomic E-state index is 0.106. The van der Waals surface area contributed by atoms with E-state index in [0.29, 0.717) is 23.5 Å². The first-order chi connectivity index (χ1) is 10.2. The Hall–Kier alpha value is -1.68. The van der Waals surface area contributed by atoms with Crippen molar-refractivity contribution in [2.45, 2.75) is 31.6 Å². The second kappa shape index (κ2) is 8.08. The third-order valence-corrected chi connectivity index (χ3v) is 4.45. The average molecular weight is 370 g/mol. The second-order valence-electron chi connectivity index (χ2n) is 5.65. The van der Waals surface area contributed by atoms with Crippen molar-refractivity contribution >= 4 is 37.9 Å². The summed E-state index contributed by atoms with van der Waals surface area (Å²) in [6.07, 6.45) is 0. The Kier molecular flexibility index (Phi) is 6.75. The van der Waals surface area contributed by atoms with Crippen LogP contribution < -0.4 is 11.1 Å². The molecule has 7 heteroatoms. The van der Waals surface area contributed by atoms with E-state index in [9.17, 15) is 9.59 Å². The van der Waals surface area contributed by atoms with Gasteiger partial charge in [0.2, 0.25) is 0 Å².